The van der Waals surface area contributed by atoms with E-state index in [-0.39, 0.29) is 22.0 Å². The van der Waals surface area contributed by atoms with Crippen LogP contribution < -0.4 is 10.5 Å². The predicted octanol–water partition coefficient (Wildman–Crippen LogP) is 2.66. The highest BCUT2D eigenvalue weighted by Gasteiger charge is 2.30. The predicted molar refractivity (Wildman–Crippen MR) is 77.2 cm³/mol. The number of halogens is 1. The van der Waals surface area contributed by atoms with Crippen LogP contribution in [0.2, 0.25) is 0 Å². The van der Waals surface area contributed by atoms with E-state index in [0.717, 1.165) is 31.7 Å². The van der Waals surface area contributed by atoms with Crippen molar-refractivity contribution in [2.24, 2.45) is 5.41 Å². The molecule has 0 heterocycles. The van der Waals surface area contributed by atoms with E-state index in [1.165, 1.54) is 12.1 Å². The number of benzene rings is 1. The van der Waals surface area contributed by atoms with Crippen molar-refractivity contribution in [2.45, 2.75) is 50.5 Å². The number of nitrogens with two attached hydrogens (primary N) is 1. The number of rotatable bonds is 3. The number of nitrogens with one attached hydrogen (secondary N) is 1. The molecular formula is C14H21FN2O2S. The Morgan fingerprint density at radius 2 is 1.90 bits per heavy atom. The minimum absolute atomic E-state index is 0.120. The zero-order valence-corrected chi connectivity index (χ0v) is 12.6. The zero-order chi connectivity index (χ0) is 15.0. The van der Waals surface area contributed by atoms with Crippen LogP contribution in [0.1, 0.15) is 39.5 Å². The second kappa shape index (κ2) is 5.33. The Hall–Kier alpha value is -1.14. The first-order valence-electron chi connectivity index (χ1n) is 6.77. The van der Waals surface area contributed by atoms with E-state index in [1.807, 2.05) is 0 Å². The fourth-order valence-electron chi connectivity index (χ4n) is 2.54. The molecule has 6 heteroatoms. The molecule has 0 aromatic heterocycles. The fourth-order valence-corrected chi connectivity index (χ4v) is 3.90. The van der Waals surface area contributed by atoms with Crippen LogP contribution in [-0.2, 0) is 10.0 Å². The van der Waals surface area contributed by atoms with Crippen molar-refractivity contribution in [3.8, 4) is 0 Å². The molecular weight excluding hydrogens is 279 g/mol. The molecule has 1 aliphatic rings. The number of hydrogen-bond donors (Lipinski definition) is 2. The standard InChI is InChI=1S/C14H21FN2O2S/c1-14(2)7-5-11(6-8-14)17-20(18,19)13-4-3-10(16)9-12(13)15/h3-4,9,11,17H,5-8,16H2,1-2H3. The number of sulfonamides is 1. The highest BCUT2D eigenvalue weighted by molar-refractivity contribution is 7.89. The average Bonchev–Trinajstić information content (AvgIpc) is 2.31. The van der Waals surface area contributed by atoms with E-state index in [0.29, 0.717) is 0 Å². The Kier molecular flexibility index (Phi) is 4.07. The van der Waals surface area contributed by atoms with Crippen molar-refractivity contribution in [3.05, 3.63) is 24.0 Å². The highest BCUT2D eigenvalue weighted by Crippen LogP contribution is 2.35. The molecule has 1 aliphatic carbocycles. The molecule has 3 N–H and O–H groups in total. The fraction of sp³-hybridized carbons (Fsp3) is 0.571. The molecule has 20 heavy (non-hydrogen) atoms. The lowest BCUT2D eigenvalue weighted by Gasteiger charge is -2.34. The Morgan fingerprint density at radius 3 is 2.45 bits per heavy atom. The van der Waals surface area contributed by atoms with Crippen LogP contribution in [0, 0.1) is 11.2 Å². The van der Waals surface area contributed by atoms with Gasteiger partial charge in [-0.05, 0) is 49.3 Å². The van der Waals surface area contributed by atoms with Gasteiger partial charge in [0.1, 0.15) is 10.7 Å². The summed E-state index contributed by atoms with van der Waals surface area (Å²) in [6.07, 6.45) is 3.49. The largest absolute Gasteiger partial charge is 0.399 e. The molecule has 0 atom stereocenters. The molecule has 0 radical (unpaired) electrons. The van der Waals surface area contributed by atoms with E-state index in [1.54, 1.807) is 0 Å². The summed E-state index contributed by atoms with van der Waals surface area (Å²) < 4.78 is 40.7. The van der Waals surface area contributed by atoms with Gasteiger partial charge in [-0.15, -0.1) is 0 Å². The summed E-state index contributed by atoms with van der Waals surface area (Å²) in [6.45, 7) is 4.36. The molecule has 1 fully saturated rings. The van der Waals surface area contributed by atoms with Crippen molar-refractivity contribution < 1.29 is 12.8 Å². The van der Waals surface area contributed by atoms with Gasteiger partial charge in [-0.3, -0.25) is 0 Å². The minimum Gasteiger partial charge on any atom is -0.399 e. The Bertz CT molecular complexity index is 589. The van der Waals surface area contributed by atoms with Gasteiger partial charge in [0.25, 0.3) is 0 Å². The molecule has 0 unspecified atom stereocenters. The molecule has 0 bridgehead atoms. The summed E-state index contributed by atoms with van der Waals surface area (Å²) in [5.41, 5.74) is 5.90. The first-order valence-corrected chi connectivity index (χ1v) is 8.25. The first-order chi connectivity index (χ1) is 9.20. The topological polar surface area (TPSA) is 72.2 Å². The van der Waals surface area contributed by atoms with Crippen molar-refractivity contribution in [2.75, 3.05) is 5.73 Å². The Balaban J connectivity index is 2.12. The SMILES string of the molecule is CC1(C)CCC(NS(=O)(=O)c2ccc(N)cc2F)CC1. The van der Waals surface area contributed by atoms with Crippen LogP contribution in [0.3, 0.4) is 0 Å². The summed E-state index contributed by atoms with van der Waals surface area (Å²) in [6, 6.07) is 3.50. The molecule has 112 valence electrons. The smallest absolute Gasteiger partial charge is 0.243 e. The van der Waals surface area contributed by atoms with Crippen LogP contribution in [0.4, 0.5) is 10.1 Å². The number of anilines is 1. The monoisotopic (exact) mass is 300 g/mol. The first kappa shape index (κ1) is 15.3. The summed E-state index contributed by atoms with van der Waals surface area (Å²) in [5, 5.41) is 0. The van der Waals surface area contributed by atoms with Gasteiger partial charge in [-0.25, -0.2) is 17.5 Å². The minimum atomic E-state index is -3.83. The normalized spacial score (nSPS) is 19.9. The molecule has 0 spiro atoms. The lowest BCUT2D eigenvalue weighted by atomic mass is 9.76. The zero-order valence-electron chi connectivity index (χ0n) is 11.8. The van der Waals surface area contributed by atoms with Crippen molar-refractivity contribution >= 4 is 15.7 Å². The van der Waals surface area contributed by atoms with Gasteiger partial charge in [0.2, 0.25) is 10.0 Å². The third-order valence-electron chi connectivity index (χ3n) is 3.91. The Labute approximate surface area is 119 Å². The van der Waals surface area contributed by atoms with Crippen molar-refractivity contribution in [3.63, 3.8) is 0 Å². The van der Waals surface area contributed by atoms with Gasteiger partial charge in [-0.2, -0.15) is 0 Å². The molecule has 0 aliphatic heterocycles. The summed E-state index contributed by atoms with van der Waals surface area (Å²) in [4.78, 5) is -0.337. The van der Waals surface area contributed by atoms with E-state index >= 15 is 0 Å². The van der Waals surface area contributed by atoms with Gasteiger partial charge in [0.15, 0.2) is 0 Å². The average molecular weight is 300 g/mol. The molecule has 1 saturated carbocycles. The van der Waals surface area contributed by atoms with Gasteiger partial charge >= 0.3 is 0 Å². The third kappa shape index (κ3) is 3.49. The lowest BCUT2D eigenvalue weighted by molar-refractivity contribution is 0.218. The second-order valence-electron chi connectivity index (χ2n) is 6.25. The molecule has 0 amide bonds. The van der Waals surface area contributed by atoms with E-state index in [4.69, 9.17) is 5.73 Å². The Morgan fingerprint density at radius 1 is 1.30 bits per heavy atom. The van der Waals surface area contributed by atoms with Crippen LogP contribution in [0.25, 0.3) is 0 Å². The summed E-state index contributed by atoms with van der Waals surface area (Å²) in [7, 11) is -3.83. The van der Waals surface area contributed by atoms with E-state index in [2.05, 4.69) is 18.6 Å². The molecule has 1 aromatic carbocycles. The molecule has 0 saturated heterocycles. The summed E-state index contributed by atoms with van der Waals surface area (Å²) in [5.74, 6) is -0.811. The highest BCUT2D eigenvalue weighted by atomic mass is 32.2. The summed E-state index contributed by atoms with van der Waals surface area (Å²) >= 11 is 0. The van der Waals surface area contributed by atoms with Crippen molar-refractivity contribution in [1.29, 1.82) is 0 Å². The van der Waals surface area contributed by atoms with Crippen molar-refractivity contribution in [1.82, 2.24) is 4.72 Å². The van der Waals surface area contributed by atoms with E-state index in [9.17, 15) is 12.8 Å². The third-order valence-corrected chi connectivity index (χ3v) is 5.46. The molecule has 2 rings (SSSR count). The second-order valence-corrected chi connectivity index (χ2v) is 7.93. The molecule has 4 nitrogen and oxygen atoms in total. The van der Waals surface area contributed by atoms with Gasteiger partial charge < -0.3 is 5.73 Å². The van der Waals surface area contributed by atoms with Crippen LogP contribution in [-0.4, -0.2) is 14.5 Å². The van der Waals surface area contributed by atoms with Crippen LogP contribution in [0.5, 0.6) is 0 Å². The number of nitrogen functional groups attached to an aromatic ring is 1. The maximum Gasteiger partial charge on any atom is 0.243 e. The lowest BCUT2D eigenvalue weighted by Crippen LogP contribution is -2.39. The quantitative estimate of drug-likeness (QED) is 0.843. The van der Waals surface area contributed by atoms with Gasteiger partial charge in [0, 0.05) is 11.7 Å². The van der Waals surface area contributed by atoms with E-state index < -0.39 is 15.8 Å². The van der Waals surface area contributed by atoms with Crippen LogP contribution >= 0.6 is 0 Å². The van der Waals surface area contributed by atoms with Gasteiger partial charge in [-0.1, -0.05) is 13.8 Å². The maximum absolute atomic E-state index is 13.7. The van der Waals surface area contributed by atoms with Gasteiger partial charge in [0.05, 0.1) is 0 Å². The number of hydrogen-bond acceptors (Lipinski definition) is 3. The molecule has 1 aromatic rings. The van der Waals surface area contributed by atoms with Crippen LogP contribution in [0.15, 0.2) is 23.1 Å². The maximum atomic E-state index is 13.7.